The highest BCUT2D eigenvalue weighted by Gasteiger charge is 2.11. The summed E-state index contributed by atoms with van der Waals surface area (Å²) in [4.78, 5) is 34.3. The average molecular weight is 507 g/mol. The number of unbranched alkanes of at least 4 members (excludes halogenated alkanes) is 2. The lowest BCUT2D eigenvalue weighted by Crippen LogP contribution is -2.08. The molecule has 37 heavy (non-hydrogen) atoms. The van der Waals surface area contributed by atoms with Crippen LogP contribution in [-0.4, -0.2) is 44.3 Å². The van der Waals surface area contributed by atoms with E-state index in [1.54, 1.807) is 24.3 Å². The van der Waals surface area contributed by atoms with Crippen molar-refractivity contribution in [2.24, 2.45) is 0 Å². The molecule has 194 valence electrons. The lowest BCUT2D eigenvalue weighted by molar-refractivity contribution is -0.138. The van der Waals surface area contributed by atoms with E-state index in [4.69, 9.17) is 23.4 Å². The Kier molecular flexibility index (Phi) is 10.5. The first-order valence-corrected chi connectivity index (χ1v) is 12.0. The first-order valence-electron chi connectivity index (χ1n) is 12.0. The minimum Gasteiger partial charge on any atom is -0.493 e. The van der Waals surface area contributed by atoms with E-state index in [0.717, 1.165) is 29.5 Å². The minimum atomic E-state index is -0.465. The number of hydrogen-bond acceptors (Lipinski definition) is 8. The predicted molar refractivity (Wildman–Crippen MR) is 138 cm³/mol. The van der Waals surface area contributed by atoms with Crippen LogP contribution in [-0.2, 0) is 23.8 Å². The number of rotatable bonds is 15. The Bertz CT molecular complexity index is 1220. The summed E-state index contributed by atoms with van der Waals surface area (Å²) in [6.07, 6.45) is 4.88. The first kappa shape index (κ1) is 27.3. The van der Waals surface area contributed by atoms with Crippen molar-refractivity contribution in [3.63, 3.8) is 0 Å². The van der Waals surface area contributed by atoms with Crippen molar-refractivity contribution < 1.29 is 37.7 Å². The van der Waals surface area contributed by atoms with Gasteiger partial charge in [-0.05, 0) is 56.0 Å². The maximum atomic E-state index is 12.3. The van der Waals surface area contributed by atoms with Crippen molar-refractivity contribution in [2.45, 2.75) is 25.7 Å². The fourth-order valence-corrected chi connectivity index (χ4v) is 3.32. The molecule has 0 N–H and O–H groups in total. The molecule has 3 rings (SSSR count). The molecule has 0 aliphatic rings. The van der Waals surface area contributed by atoms with Gasteiger partial charge in [-0.2, -0.15) is 0 Å². The zero-order chi connectivity index (χ0) is 26.5. The molecule has 1 heterocycles. The van der Waals surface area contributed by atoms with Crippen molar-refractivity contribution in [3.8, 4) is 17.1 Å². The molecular weight excluding hydrogens is 476 g/mol. The van der Waals surface area contributed by atoms with Crippen LogP contribution in [0, 0.1) is 0 Å². The maximum absolute atomic E-state index is 12.3. The van der Waals surface area contributed by atoms with Crippen molar-refractivity contribution >= 4 is 28.9 Å². The molecule has 2 aromatic carbocycles. The van der Waals surface area contributed by atoms with Gasteiger partial charge in [-0.25, -0.2) is 14.4 Å². The molecule has 0 bridgehead atoms. The van der Waals surface area contributed by atoms with Gasteiger partial charge in [0.1, 0.15) is 17.1 Å². The van der Waals surface area contributed by atoms with Crippen molar-refractivity contribution in [1.29, 1.82) is 0 Å². The van der Waals surface area contributed by atoms with Gasteiger partial charge in [-0.15, -0.1) is 0 Å². The molecule has 0 saturated carbocycles. The topological polar surface area (TPSA) is 101 Å². The van der Waals surface area contributed by atoms with Gasteiger partial charge in [0, 0.05) is 29.2 Å². The van der Waals surface area contributed by atoms with Crippen LogP contribution in [0.5, 0.6) is 5.75 Å². The second-order valence-corrected chi connectivity index (χ2v) is 8.03. The van der Waals surface area contributed by atoms with E-state index in [1.165, 1.54) is 0 Å². The van der Waals surface area contributed by atoms with Gasteiger partial charge in [-0.3, -0.25) is 0 Å². The summed E-state index contributed by atoms with van der Waals surface area (Å²) in [6.45, 7) is 8.01. The van der Waals surface area contributed by atoms with Crippen molar-refractivity contribution in [2.75, 3.05) is 26.4 Å². The lowest BCUT2D eigenvalue weighted by Gasteiger charge is -2.06. The van der Waals surface area contributed by atoms with Crippen LogP contribution >= 0.6 is 0 Å². The zero-order valence-electron chi connectivity index (χ0n) is 20.6. The molecule has 3 aromatic rings. The molecule has 1 aromatic heterocycles. The highest BCUT2D eigenvalue weighted by molar-refractivity contribution is 5.90. The maximum Gasteiger partial charge on any atom is 0.338 e. The van der Waals surface area contributed by atoms with Crippen LogP contribution < -0.4 is 4.74 Å². The van der Waals surface area contributed by atoms with Crippen LogP contribution in [0.1, 0.15) is 36.0 Å². The Balaban J connectivity index is 1.46. The molecule has 8 heteroatoms. The number of ether oxygens (including phenoxy) is 4. The van der Waals surface area contributed by atoms with Crippen molar-refractivity contribution in [1.82, 2.24) is 0 Å². The monoisotopic (exact) mass is 506 g/mol. The highest BCUT2D eigenvalue weighted by atomic mass is 16.5. The number of hydrogen-bond donors (Lipinski definition) is 0. The zero-order valence-corrected chi connectivity index (χ0v) is 20.6. The van der Waals surface area contributed by atoms with Gasteiger partial charge < -0.3 is 23.4 Å². The molecular formula is C29H30O8. The summed E-state index contributed by atoms with van der Waals surface area (Å²) in [6, 6.07) is 14.6. The second kappa shape index (κ2) is 14.3. The van der Waals surface area contributed by atoms with Gasteiger partial charge in [0.05, 0.1) is 32.0 Å². The fraction of sp³-hybridized carbons (Fsp3) is 0.276. The highest BCUT2D eigenvalue weighted by Crippen LogP contribution is 2.30. The summed E-state index contributed by atoms with van der Waals surface area (Å²) in [5, 5.41) is 0.931. The molecule has 0 amide bonds. The summed E-state index contributed by atoms with van der Waals surface area (Å²) in [5.74, 6) is 0.0539. The number of carbonyl (C=O) groups is 3. The molecule has 0 unspecified atom stereocenters. The van der Waals surface area contributed by atoms with E-state index in [-0.39, 0.29) is 13.2 Å². The van der Waals surface area contributed by atoms with E-state index in [0.29, 0.717) is 55.1 Å². The number of carbonyl (C=O) groups excluding carboxylic acids is 3. The van der Waals surface area contributed by atoms with E-state index < -0.39 is 17.9 Å². The predicted octanol–water partition coefficient (Wildman–Crippen LogP) is 5.65. The molecule has 0 aliphatic heterocycles. The Morgan fingerprint density at radius 3 is 1.95 bits per heavy atom. The molecule has 0 radical (unpaired) electrons. The van der Waals surface area contributed by atoms with E-state index in [9.17, 15) is 14.4 Å². The average Bonchev–Trinajstić information content (AvgIpc) is 3.35. The van der Waals surface area contributed by atoms with Gasteiger partial charge in [0.15, 0.2) is 0 Å². The third kappa shape index (κ3) is 8.68. The SMILES string of the molecule is C=CC(=O)OCCCCOC(=O)c1ccc(-c2cc3ccc(OCCCCOC(=O)C=C)cc3o2)cc1. The third-order valence-electron chi connectivity index (χ3n) is 5.30. The minimum absolute atomic E-state index is 0.239. The Morgan fingerprint density at radius 1 is 0.730 bits per heavy atom. The van der Waals surface area contributed by atoms with Gasteiger partial charge in [-0.1, -0.05) is 25.3 Å². The van der Waals surface area contributed by atoms with Crippen LogP contribution in [0.25, 0.3) is 22.3 Å². The molecule has 0 spiro atoms. The van der Waals surface area contributed by atoms with Crippen LogP contribution in [0.15, 0.2) is 78.3 Å². The molecule has 0 fully saturated rings. The van der Waals surface area contributed by atoms with E-state index >= 15 is 0 Å². The van der Waals surface area contributed by atoms with E-state index in [1.807, 2.05) is 24.3 Å². The number of fused-ring (bicyclic) bond motifs is 1. The van der Waals surface area contributed by atoms with E-state index in [2.05, 4.69) is 13.2 Å². The fourth-order valence-electron chi connectivity index (χ4n) is 3.32. The quantitative estimate of drug-likeness (QED) is 0.113. The van der Waals surface area contributed by atoms with Crippen molar-refractivity contribution in [3.05, 3.63) is 79.4 Å². The van der Waals surface area contributed by atoms with Gasteiger partial charge >= 0.3 is 17.9 Å². The smallest absolute Gasteiger partial charge is 0.338 e. The van der Waals surface area contributed by atoms with Crippen LogP contribution in [0.2, 0.25) is 0 Å². The first-order chi connectivity index (χ1) is 18.0. The van der Waals surface area contributed by atoms with Gasteiger partial charge in [0.25, 0.3) is 0 Å². The summed E-state index contributed by atoms with van der Waals surface area (Å²) in [5.41, 5.74) is 1.95. The Hall–Kier alpha value is -4.33. The molecule has 0 atom stereocenters. The summed E-state index contributed by atoms with van der Waals surface area (Å²) >= 11 is 0. The Labute approximate surface area is 215 Å². The van der Waals surface area contributed by atoms with Gasteiger partial charge in [0.2, 0.25) is 0 Å². The molecule has 0 aliphatic carbocycles. The van der Waals surface area contributed by atoms with Crippen LogP contribution in [0.3, 0.4) is 0 Å². The molecule has 8 nitrogen and oxygen atoms in total. The lowest BCUT2D eigenvalue weighted by atomic mass is 10.1. The summed E-state index contributed by atoms with van der Waals surface area (Å²) < 4.78 is 26.9. The summed E-state index contributed by atoms with van der Waals surface area (Å²) in [7, 11) is 0. The number of esters is 3. The second-order valence-electron chi connectivity index (χ2n) is 8.03. The number of furan rings is 1. The van der Waals surface area contributed by atoms with Crippen LogP contribution in [0.4, 0.5) is 0 Å². The standard InChI is InChI=1S/C29H30O8/c1-3-27(30)34-16-6-5-15-33-24-14-13-23-19-25(37-26(23)20-24)21-9-11-22(12-10-21)29(32)36-18-8-7-17-35-28(31)4-2/h3-4,9-14,19-20H,1-2,5-8,15-18H2. The normalized spacial score (nSPS) is 10.5. The third-order valence-corrected chi connectivity index (χ3v) is 5.30. The molecule has 0 saturated heterocycles. The number of benzene rings is 2. The largest absolute Gasteiger partial charge is 0.493 e. The Morgan fingerprint density at radius 2 is 1.32 bits per heavy atom.